The minimum absolute atomic E-state index is 0.122. The lowest BCUT2D eigenvalue weighted by molar-refractivity contribution is 0.152. The molecule has 2 aromatic rings. The first-order valence-electron chi connectivity index (χ1n) is 4.65. The Kier molecular flexibility index (Phi) is 2.68. The first-order chi connectivity index (χ1) is 7.58. The predicted octanol–water partition coefficient (Wildman–Crippen LogP) is 3.16. The summed E-state index contributed by atoms with van der Waals surface area (Å²) in [6, 6.07) is 5.47. The molecule has 0 aliphatic heterocycles. The second-order valence-corrected chi connectivity index (χ2v) is 3.42. The van der Waals surface area contributed by atoms with E-state index in [9.17, 15) is 13.2 Å². The summed E-state index contributed by atoms with van der Waals surface area (Å²) < 4.78 is 39.6. The van der Waals surface area contributed by atoms with Crippen LogP contribution in [0, 0.1) is 5.82 Å². The van der Waals surface area contributed by atoms with Crippen LogP contribution < -0.4 is 0 Å². The van der Waals surface area contributed by atoms with E-state index in [1.165, 1.54) is 29.1 Å². The molecule has 2 nitrogen and oxygen atoms in total. The quantitative estimate of drug-likeness (QED) is 0.769. The number of aromatic nitrogens is 2. The molecule has 1 heterocycles. The van der Waals surface area contributed by atoms with E-state index in [4.69, 9.17) is 0 Å². The number of alkyl halides is 2. The molecule has 0 N–H and O–H groups in total. The molecule has 0 atom stereocenters. The van der Waals surface area contributed by atoms with Gasteiger partial charge in [-0.2, -0.15) is 5.10 Å². The van der Waals surface area contributed by atoms with E-state index in [1.54, 1.807) is 13.1 Å². The number of hydrogen-bond donors (Lipinski definition) is 0. The largest absolute Gasteiger partial charge is 0.275 e. The molecule has 0 radical (unpaired) electrons. The third-order valence-corrected chi connectivity index (χ3v) is 2.19. The second-order valence-electron chi connectivity index (χ2n) is 3.42. The Hall–Kier alpha value is -1.78. The predicted molar refractivity (Wildman–Crippen MR) is 53.6 cm³/mol. The van der Waals surface area contributed by atoms with Crippen LogP contribution in [0.25, 0.3) is 11.3 Å². The lowest BCUT2D eigenvalue weighted by atomic mass is 10.1. The molecule has 0 aliphatic rings. The van der Waals surface area contributed by atoms with Gasteiger partial charge in [-0.1, -0.05) is 12.1 Å². The van der Waals surface area contributed by atoms with Crippen LogP contribution in [0.2, 0.25) is 0 Å². The highest BCUT2D eigenvalue weighted by atomic mass is 19.3. The molecule has 2 rings (SSSR count). The molecule has 1 aromatic heterocycles. The molecule has 0 bridgehead atoms. The van der Waals surface area contributed by atoms with Crippen molar-refractivity contribution in [3.05, 3.63) is 41.8 Å². The second kappa shape index (κ2) is 4.00. The van der Waals surface area contributed by atoms with Gasteiger partial charge in [0, 0.05) is 18.8 Å². The summed E-state index contributed by atoms with van der Waals surface area (Å²) in [7, 11) is 1.55. The van der Waals surface area contributed by atoms with Crippen LogP contribution in [0.15, 0.2) is 30.5 Å². The first-order valence-corrected chi connectivity index (χ1v) is 4.65. The zero-order chi connectivity index (χ0) is 11.7. The van der Waals surface area contributed by atoms with E-state index >= 15 is 0 Å². The number of rotatable bonds is 2. The maximum Gasteiger partial charge on any atom is 0.267 e. The molecule has 0 saturated carbocycles. The molecular weight excluding hydrogens is 217 g/mol. The Balaban J connectivity index is 2.55. The molecule has 16 heavy (non-hydrogen) atoms. The van der Waals surface area contributed by atoms with Gasteiger partial charge in [-0.15, -0.1) is 0 Å². The molecule has 0 aliphatic carbocycles. The molecule has 0 spiro atoms. The van der Waals surface area contributed by atoms with Gasteiger partial charge < -0.3 is 0 Å². The van der Waals surface area contributed by atoms with Crippen molar-refractivity contribution in [3.8, 4) is 11.3 Å². The average molecular weight is 226 g/mol. The van der Waals surface area contributed by atoms with E-state index < -0.39 is 12.2 Å². The molecule has 0 fully saturated rings. The SMILES string of the molecule is Cn1cc(C(F)F)c(-c2cccc(F)c2)n1. The summed E-state index contributed by atoms with van der Waals surface area (Å²) in [5.41, 5.74) is 0.293. The average Bonchev–Trinajstić information content (AvgIpc) is 2.60. The van der Waals surface area contributed by atoms with Crippen molar-refractivity contribution < 1.29 is 13.2 Å². The minimum atomic E-state index is -2.62. The molecule has 0 unspecified atom stereocenters. The topological polar surface area (TPSA) is 17.8 Å². The maximum atomic E-state index is 13.0. The van der Waals surface area contributed by atoms with Gasteiger partial charge >= 0.3 is 0 Å². The number of aryl methyl sites for hydroxylation is 1. The van der Waals surface area contributed by atoms with Crippen molar-refractivity contribution in [2.24, 2.45) is 7.05 Å². The third kappa shape index (κ3) is 1.93. The van der Waals surface area contributed by atoms with Crippen molar-refractivity contribution in [2.45, 2.75) is 6.43 Å². The number of hydrogen-bond acceptors (Lipinski definition) is 1. The molecule has 5 heteroatoms. The molecule has 0 amide bonds. The Morgan fingerprint density at radius 1 is 1.31 bits per heavy atom. The fourth-order valence-electron chi connectivity index (χ4n) is 1.53. The van der Waals surface area contributed by atoms with Crippen molar-refractivity contribution in [2.75, 3.05) is 0 Å². The van der Waals surface area contributed by atoms with Crippen LogP contribution in [0.4, 0.5) is 13.2 Å². The highest BCUT2D eigenvalue weighted by molar-refractivity contribution is 5.62. The molecule has 84 valence electrons. The molecular formula is C11H9F3N2. The smallest absolute Gasteiger partial charge is 0.267 e. The van der Waals surface area contributed by atoms with Gasteiger partial charge in [0.2, 0.25) is 0 Å². The molecule has 0 saturated heterocycles. The lowest BCUT2D eigenvalue weighted by Crippen LogP contribution is -1.89. The molecule has 1 aromatic carbocycles. The van der Waals surface area contributed by atoms with Crippen LogP contribution >= 0.6 is 0 Å². The van der Waals surface area contributed by atoms with E-state index in [1.807, 2.05) is 0 Å². The van der Waals surface area contributed by atoms with Crippen LogP contribution in [-0.4, -0.2) is 9.78 Å². The van der Waals surface area contributed by atoms with Gasteiger partial charge in [-0.25, -0.2) is 13.2 Å². The van der Waals surface area contributed by atoms with Gasteiger partial charge in [0.15, 0.2) is 0 Å². The normalized spacial score (nSPS) is 11.1. The lowest BCUT2D eigenvalue weighted by Gasteiger charge is -2.00. The summed E-state index contributed by atoms with van der Waals surface area (Å²) in [5, 5.41) is 3.91. The van der Waals surface area contributed by atoms with Crippen molar-refractivity contribution in [1.29, 1.82) is 0 Å². The van der Waals surface area contributed by atoms with Crippen LogP contribution in [0.3, 0.4) is 0 Å². The van der Waals surface area contributed by atoms with Gasteiger partial charge in [-0.05, 0) is 12.1 Å². The Bertz CT molecular complexity index is 506. The van der Waals surface area contributed by atoms with E-state index in [-0.39, 0.29) is 11.3 Å². The Morgan fingerprint density at radius 2 is 2.06 bits per heavy atom. The highest BCUT2D eigenvalue weighted by Gasteiger charge is 2.18. The van der Waals surface area contributed by atoms with E-state index in [0.717, 1.165) is 0 Å². The van der Waals surface area contributed by atoms with Crippen LogP contribution in [0.1, 0.15) is 12.0 Å². The Morgan fingerprint density at radius 3 is 2.69 bits per heavy atom. The summed E-state index contributed by atoms with van der Waals surface area (Å²) >= 11 is 0. The van der Waals surface area contributed by atoms with E-state index in [2.05, 4.69) is 5.10 Å². The number of nitrogens with zero attached hydrogens (tertiary/aromatic N) is 2. The first kappa shape index (κ1) is 10.7. The summed E-state index contributed by atoms with van der Waals surface area (Å²) in [5.74, 6) is -0.469. The van der Waals surface area contributed by atoms with Gasteiger partial charge in [-0.3, -0.25) is 4.68 Å². The highest BCUT2D eigenvalue weighted by Crippen LogP contribution is 2.29. The van der Waals surface area contributed by atoms with Gasteiger partial charge in [0.05, 0.1) is 5.56 Å². The zero-order valence-electron chi connectivity index (χ0n) is 8.49. The van der Waals surface area contributed by atoms with Gasteiger partial charge in [0.25, 0.3) is 6.43 Å². The van der Waals surface area contributed by atoms with Crippen LogP contribution in [-0.2, 0) is 7.05 Å². The number of halogens is 3. The summed E-state index contributed by atoms with van der Waals surface area (Å²) in [4.78, 5) is 0. The van der Waals surface area contributed by atoms with Crippen molar-refractivity contribution in [1.82, 2.24) is 9.78 Å². The van der Waals surface area contributed by atoms with Crippen LogP contribution in [0.5, 0.6) is 0 Å². The zero-order valence-corrected chi connectivity index (χ0v) is 8.49. The fraction of sp³-hybridized carbons (Fsp3) is 0.182. The summed E-state index contributed by atoms with van der Waals surface area (Å²) in [6.07, 6.45) is -1.38. The number of benzene rings is 1. The fourth-order valence-corrected chi connectivity index (χ4v) is 1.53. The van der Waals surface area contributed by atoms with Crippen molar-refractivity contribution in [3.63, 3.8) is 0 Å². The monoisotopic (exact) mass is 226 g/mol. The maximum absolute atomic E-state index is 13.0. The van der Waals surface area contributed by atoms with Crippen molar-refractivity contribution >= 4 is 0 Å². The minimum Gasteiger partial charge on any atom is -0.275 e. The standard InChI is InChI=1S/C11H9F3N2/c1-16-6-9(11(13)14)10(15-16)7-3-2-4-8(12)5-7/h2-6,11H,1H3. The van der Waals surface area contributed by atoms with E-state index in [0.29, 0.717) is 5.56 Å². The summed E-state index contributed by atoms with van der Waals surface area (Å²) in [6.45, 7) is 0. The third-order valence-electron chi connectivity index (χ3n) is 2.19. The van der Waals surface area contributed by atoms with Gasteiger partial charge in [0.1, 0.15) is 11.5 Å². The Labute approximate surface area is 90.3 Å².